The monoisotopic (exact) mass is 345 g/mol. The molecule has 0 atom stereocenters. The van der Waals surface area contributed by atoms with Crippen LogP contribution >= 0.6 is 22.9 Å². The van der Waals surface area contributed by atoms with Gasteiger partial charge in [0.1, 0.15) is 17.4 Å². The summed E-state index contributed by atoms with van der Waals surface area (Å²) in [6, 6.07) is 5.52. The minimum atomic E-state index is -0.975. The fourth-order valence-corrected chi connectivity index (χ4v) is 2.95. The Morgan fingerprint density at radius 2 is 2.22 bits per heavy atom. The molecule has 4 nitrogen and oxygen atoms in total. The zero-order valence-electron chi connectivity index (χ0n) is 11.9. The van der Waals surface area contributed by atoms with E-state index in [1.165, 1.54) is 17.4 Å². The zero-order valence-corrected chi connectivity index (χ0v) is 13.5. The highest BCUT2D eigenvalue weighted by molar-refractivity contribution is 7.13. The summed E-state index contributed by atoms with van der Waals surface area (Å²) in [5.74, 6) is -0.153. The average molecular weight is 346 g/mol. The molecule has 1 aromatic carbocycles. The molecule has 1 aliphatic rings. The number of thiazole rings is 1. The molecule has 3 rings (SSSR count). The van der Waals surface area contributed by atoms with Crippen LogP contribution in [0.25, 0.3) is 18.2 Å². The molecule has 0 saturated carbocycles. The summed E-state index contributed by atoms with van der Waals surface area (Å²) in [7, 11) is 0. The standard InChI is InChI=1S/C17H12ClNO3S/c18-13-2-4-15-12(8-13)7-11(10-22-15)1-5-16-19-9-14(23-16)3-6-17(20)21/h1-9H,10H2,(H,20,21)/b5-1-,6-3+. The van der Waals surface area contributed by atoms with Crippen LogP contribution in [0.4, 0.5) is 0 Å². The van der Waals surface area contributed by atoms with Crippen LogP contribution in [0, 0.1) is 0 Å². The Kier molecular flexibility index (Phi) is 4.60. The molecule has 0 fully saturated rings. The third-order valence-corrected chi connectivity index (χ3v) is 4.24. The number of aliphatic carboxylic acids is 1. The highest BCUT2D eigenvalue weighted by Gasteiger charge is 2.10. The van der Waals surface area contributed by atoms with Crippen molar-refractivity contribution in [2.24, 2.45) is 0 Å². The molecule has 0 amide bonds. The Bertz CT molecular complexity index is 836. The van der Waals surface area contributed by atoms with Gasteiger partial charge < -0.3 is 9.84 Å². The molecular formula is C17H12ClNO3S. The van der Waals surface area contributed by atoms with Gasteiger partial charge in [0.25, 0.3) is 0 Å². The van der Waals surface area contributed by atoms with Crippen molar-refractivity contribution in [1.29, 1.82) is 0 Å². The third kappa shape index (κ3) is 4.09. The molecule has 0 aliphatic carbocycles. The Hall–Kier alpha value is -2.37. The number of benzene rings is 1. The summed E-state index contributed by atoms with van der Waals surface area (Å²) >= 11 is 7.41. The average Bonchev–Trinajstić information content (AvgIpc) is 2.98. The molecule has 0 saturated heterocycles. The maximum Gasteiger partial charge on any atom is 0.328 e. The molecule has 116 valence electrons. The van der Waals surface area contributed by atoms with Gasteiger partial charge in [-0.15, -0.1) is 11.3 Å². The number of carbonyl (C=O) groups is 1. The van der Waals surface area contributed by atoms with Crippen LogP contribution in [0.5, 0.6) is 5.75 Å². The fraction of sp³-hybridized carbons (Fsp3) is 0.0588. The van der Waals surface area contributed by atoms with Crippen molar-refractivity contribution < 1.29 is 14.6 Å². The van der Waals surface area contributed by atoms with Crippen molar-refractivity contribution in [3.05, 3.63) is 62.6 Å². The second-order valence-electron chi connectivity index (χ2n) is 4.80. The smallest absolute Gasteiger partial charge is 0.328 e. The van der Waals surface area contributed by atoms with Crippen LogP contribution in [0.2, 0.25) is 5.02 Å². The predicted octanol–water partition coefficient (Wildman–Crippen LogP) is 4.38. The van der Waals surface area contributed by atoms with E-state index in [0.29, 0.717) is 11.6 Å². The van der Waals surface area contributed by atoms with E-state index in [9.17, 15) is 4.79 Å². The zero-order chi connectivity index (χ0) is 16.2. The number of hydrogen-bond donors (Lipinski definition) is 1. The number of ether oxygens (including phenoxy) is 1. The maximum atomic E-state index is 10.5. The van der Waals surface area contributed by atoms with Gasteiger partial charge in [0.15, 0.2) is 0 Å². The van der Waals surface area contributed by atoms with E-state index >= 15 is 0 Å². The molecule has 2 aromatic rings. The molecule has 1 N–H and O–H groups in total. The van der Waals surface area contributed by atoms with Crippen LogP contribution in [0.15, 0.2) is 42.1 Å². The summed E-state index contributed by atoms with van der Waals surface area (Å²) in [5.41, 5.74) is 1.96. The highest BCUT2D eigenvalue weighted by atomic mass is 35.5. The van der Waals surface area contributed by atoms with Crippen molar-refractivity contribution in [2.75, 3.05) is 6.61 Å². The predicted molar refractivity (Wildman–Crippen MR) is 92.7 cm³/mol. The van der Waals surface area contributed by atoms with Gasteiger partial charge in [-0.1, -0.05) is 17.7 Å². The van der Waals surface area contributed by atoms with Gasteiger partial charge in [-0.05, 0) is 42.0 Å². The summed E-state index contributed by atoms with van der Waals surface area (Å²) in [6.45, 7) is 0.488. The van der Waals surface area contributed by atoms with E-state index in [1.807, 2.05) is 30.4 Å². The number of halogens is 1. The molecule has 0 spiro atoms. The first-order valence-corrected chi connectivity index (χ1v) is 7.97. The number of nitrogens with zero attached hydrogens (tertiary/aromatic N) is 1. The molecule has 0 unspecified atom stereocenters. The summed E-state index contributed by atoms with van der Waals surface area (Å²) in [5, 5.41) is 10.1. The van der Waals surface area contributed by atoms with Gasteiger partial charge in [-0.25, -0.2) is 9.78 Å². The summed E-state index contributed by atoms with van der Waals surface area (Å²) < 4.78 is 5.68. The first kappa shape index (κ1) is 15.5. The van der Waals surface area contributed by atoms with E-state index in [-0.39, 0.29) is 0 Å². The normalized spacial score (nSPS) is 13.9. The van der Waals surface area contributed by atoms with E-state index in [0.717, 1.165) is 32.8 Å². The van der Waals surface area contributed by atoms with Gasteiger partial charge in [0.05, 0.1) is 0 Å². The van der Waals surface area contributed by atoms with Crippen LogP contribution in [0.3, 0.4) is 0 Å². The number of hydrogen-bond acceptors (Lipinski definition) is 4. The van der Waals surface area contributed by atoms with Crippen molar-refractivity contribution in [1.82, 2.24) is 4.98 Å². The van der Waals surface area contributed by atoms with Crippen LogP contribution in [0.1, 0.15) is 15.4 Å². The van der Waals surface area contributed by atoms with Gasteiger partial charge in [-0.3, -0.25) is 0 Å². The summed E-state index contributed by atoms with van der Waals surface area (Å²) in [6.07, 6.45) is 10.1. The topological polar surface area (TPSA) is 59.4 Å². The van der Waals surface area contributed by atoms with E-state index < -0.39 is 5.97 Å². The lowest BCUT2D eigenvalue weighted by atomic mass is 10.1. The van der Waals surface area contributed by atoms with Gasteiger partial charge >= 0.3 is 5.97 Å². The first-order chi connectivity index (χ1) is 11.1. The lowest BCUT2D eigenvalue weighted by Crippen LogP contribution is -2.05. The molecule has 23 heavy (non-hydrogen) atoms. The fourth-order valence-electron chi connectivity index (χ4n) is 2.05. The molecule has 2 heterocycles. The van der Waals surface area contributed by atoms with Crippen molar-refractivity contribution in [3.8, 4) is 5.75 Å². The van der Waals surface area contributed by atoms with Crippen LogP contribution in [-0.2, 0) is 4.79 Å². The quantitative estimate of drug-likeness (QED) is 0.835. The SMILES string of the molecule is O=C(O)/C=C/c1cnc(/C=C\C2=Cc3cc(Cl)ccc3OC2)s1. The number of rotatable bonds is 4. The lowest BCUT2D eigenvalue weighted by molar-refractivity contribution is -0.131. The summed E-state index contributed by atoms with van der Waals surface area (Å²) in [4.78, 5) is 15.5. The van der Waals surface area contributed by atoms with Crippen LogP contribution in [-0.4, -0.2) is 22.7 Å². The Morgan fingerprint density at radius 3 is 3.04 bits per heavy atom. The molecular weight excluding hydrogens is 334 g/mol. The van der Waals surface area contributed by atoms with E-state index in [4.69, 9.17) is 21.4 Å². The van der Waals surface area contributed by atoms with Crippen molar-refractivity contribution in [2.45, 2.75) is 0 Å². The van der Waals surface area contributed by atoms with Gasteiger partial charge in [0, 0.05) is 27.7 Å². The number of aromatic nitrogens is 1. The largest absolute Gasteiger partial charge is 0.488 e. The van der Waals surface area contributed by atoms with Crippen molar-refractivity contribution in [3.63, 3.8) is 0 Å². The molecule has 0 radical (unpaired) electrons. The molecule has 1 aliphatic heterocycles. The number of carboxylic acid groups (broad SMARTS) is 1. The van der Waals surface area contributed by atoms with Gasteiger partial charge in [-0.2, -0.15) is 0 Å². The second kappa shape index (κ2) is 6.81. The molecule has 6 heteroatoms. The third-order valence-electron chi connectivity index (χ3n) is 3.08. The first-order valence-electron chi connectivity index (χ1n) is 6.78. The lowest BCUT2D eigenvalue weighted by Gasteiger charge is -2.16. The maximum absolute atomic E-state index is 10.5. The minimum Gasteiger partial charge on any atom is -0.488 e. The molecule has 0 bridgehead atoms. The van der Waals surface area contributed by atoms with E-state index in [2.05, 4.69) is 4.98 Å². The van der Waals surface area contributed by atoms with Gasteiger partial charge in [0.2, 0.25) is 0 Å². The highest BCUT2D eigenvalue weighted by Crippen LogP contribution is 2.29. The number of carboxylic acids is 1. The Balaban J connectivity index is 1.75. The molecule has 1 aromatic heterocycles. The number of fused-ring (bicyclic) bond motifs is 1. The van der Waals surface area contributed by atoms with Crippen molar-refractivity contribution >= 4 is 47.1 Å². The van der Waals surface area contributed by atoms with Crippen LogP contribution < -0.4 is 4.74 Å². The Morgan fingerprint density at radius 1 is 1.35 bits per heavy atom. The van der Waals surface area contributed by atoms with E-state index in [1.54, 1.807) is 12.3 Å². The Labute approximate surface area is 142 Å². The second-order valence-corrected chi connectivity index (χ2v) is 6.33. The minimum absolute atomic E-state index is 0.488.